The SMILES string of the molecule is NCCCCCCCCCCCC(N)c1ccccc1[N+](=O)[O-]. The molecule has 23 heavy (non-hydrogen) atoms. The number of nitrogens with zero attached hydrogens (tertiary/aromatic N) is 1. The smallest absolute Gasteiger partial charge is 0.274 e. The normalized spacial score (nSPS) is 12.3. The summed E-state index contributed by atoms with van der Waals surface area (Å²) in [6, 6.07) is 6.55. The van der Waals surface area contributed by atoms with E-state index in [1.807, 2.05) is 6.07 Å². The van der Waals surface area contributed by atoms with E-state index in [4.69, 9.17) is 11.5 Å². The molecular formula is C18H31N3O2. The molecule has 0 radical (unpaired) electrons. The fourth-order valence-electron chi connectivity index (χ4n) is 2.87. The van der Waals surface area contributed by atoms with Crippen molar-refractivity contribution in [2.24, 2.45) is 11.5 Å². The molecule has 130 valence electrons. The molecule has 0 aliphatic carbocycles. The van der Waals surface area contributed by atoms with Gasteiger partial charge < -0.3 is 11.5 Å². The Balaban J connectivity index is 2.13. The van der Waals surface area contributed by atoms with Gasteiger partial charge in [0.15, 0.2) is 0 Å². The fourth-order valence-corrected chi connectivity index (χ4v) is 2.87. The van der Waals surface area contributed by atoms with Crippen molar-refractivity contribution in [2.75, 3.05) is 6.54 Å². The van der Waals surface area contributed by atoms with Crippen LogP contribution in [0.4, 0.5) is 5.69 Å². The van der Waals surface area contributed by atoms with Crippen molar-refractivity contribution in [1.82, 2.24) is 0 Å². The van der Waals surface area contributed by atoms with E-state index in [0.29, 0.717) is 5.56 Å². The third-order valence-electron chi connectivity index (χ3n) is 4.25. The summed E-state index contributed by atoms with van der Waals surface area (Å²) in [5.41, 5.74) is 12.4. The number of rotatable bonds is 13. The Labute approximate surface area is 139 Å². The molecule has 5 heteroatoms. The molecule has 0 fully saturated rings. The van der Waals surface area contributed by atoms with Crippen LogP contribution in [0.25, 0.3) is 0 Å². The van der Waals surface area contributed by atoms with Crippen molar-refractivity contribution in [1.29, 1.82) is 0 Å². The second kappa shape index (κ2) is 12.0. The van der Waals surface area contributed by atoms with Crippen molar-refractivity contribution in [3.8, 4) is 0 Å². The van der Waals surface area contributed by atoms with Gasteiger partial charge in [0, 0.05) is 17.7 Å². The molecule has 0 aromatic heterocycles. The zero-order chi connectivity index (χ0) is 16.9. The van der Waals surface area contributed by atoms with Gasteiger partial charge in [-0.25, -0.2) is 0 Å². The lowest BCUT2D eigenvalue weighted by Gasteiger charge is -2.12. The molecule has 0 amide bonds. The molecule has 1 aromatic rings. The van der Waals surface area contributed by atoms with Crippen molar-refractivity contribution in [2.45, 2.75) is 70.3 Å². The Hall–Kier alpha value is -1.46. The van der Waals surface area contributed by atoms with E-state index >= 15 is 0 Å². The summed E-state index contributed by atoms with van der Waals surface area (Å²) in [4.78, 5) is 10.7. The number of nitro groups is 1. The molecule has 0 spiro atoms. The fraction of sp³-hybridized carbons (Fsp3) is 0.667. The molecule has 1 atom stereocenters. The first kappa shape index (κ1) is 19.6. The van der Waals surface area contributed by atoms with Gasteiger partial charge in [-0.2, -0.15) is 0 Å². The molecule has 0 saturated carbocycles. The highest BCUT2D eigenvalue weighted by atomic mass is 16.6. The predicted molar refractivity (Wildman–Crippen MR) is 95.2 cm³/mol. The highest BCUT2D eigenvalue weighted by Gasteiger charge is 2.17. The highest BCUT2D eigenvalue weighted by molar-refractivity contribution is 5.41. The first-order valence-electron chi connectivity index (χ1n) is 8.85. The van der Waals surface area contributed by atoms with Crippen molar-refractivity contribution in [3.63, 3.8) is 0 Å². The van der Waals surface area contributed by atoms with Crippen LogP contribution in [0, 0.1) is 10.1 Å². The van der Waals surface area contributed by atoms with E-state index in [1.165, 1.54) is 44.6 Å². The summed E-state index contributed by atoms with van der Waals surface area (Å²) in [5.74, 6) is 0. The van der Waals surface area contributed by atoms with Gasteiger partial charge in [-0.15, -0.1) is 0 Å². The number of hydrogen-bond acceptors (Lipinski definition) is 4. The Kier molecular flexibility index (Phi) is 10.2. The van der Waals surface area contributed by atoms with Crippen molar-refractivity contribution < 1.29 is 4.92 Å². The summed E-state index contributed by atoms with van der Waals surface area (Å²) in [5, 5.41) is 11.0. The molecule has 0 bridgehead atoms. The lowest BCUT2D eigenvalue weighted by atomic mass is 9.99. The lowest BCUT2D eigenvalue weighted by molar-refractivity contribution is -0.385. The van der Waals surface area contributed by atoms with Gasteiger partial charge in [0.2, 0.25) is 0 Å². The van der Waals surface area contributed by atoms with E-state index in [1.54, 1.807) is 12.1 Å². The Morgan fingerprint density at radius 1 is 0.913 bits per heavy atom. The highest BCUT2D eigenvalue weighted by Crippen LogP contribution is 2.26. The zero-order valence-electron chi connectivity index (χ0n) is 14.1. The van der Waals surface area contributed by atoms with E-state index < -0.39 is 0 Å². The van der Waals surface area contributed by atoms with Crippen LogP contribution < -0.4 is 11.5 Å². The van der Waals surface area contributed by atoms with Crippen LogP contribution in [0.15, 0.2) is 24.3 Å². The average molecular weight is 321 g/mol. The Morgan fingerprint density at radius 2 is 1.43 bits per heavy atom. The first-order valence-corrected chi connectivity index (χ1v) is 8.85. The Bertz CT molecular complexity index is 452. The number of unbranched alkanes of at least 4 members (excludes halogenated alkanes) is 8. The van der Waals surface area contributed by atoms with Gasteiger partial charge in [0.25, 0.3) is 5.69 Å². The molecule has 4 N–H and O–H groups in total. The summed E-state index contributed by atoms with van der Waals surface area (Å²) in [6.45, 7) is 0.805. The number of para-hydroxylation sites is 1. The molecule has 1 aromatic carbocycles. The predicted octanol–water partition coefficient (Wildman–Crippen LogP) is 4.45. The monoisotopic (exact) mass is 321 g/mol. The lowest BCUT2D eigenvalue weighted by Crippen LogP contribution is -2.12. The number of nitro benzene ring substituents is 1. The number of nitrogens with two attached hydrogens (primary N) is 2. The van der Waals surface area contributed by atoms with Crippen LogP contribution in [0.1, 0.15) is 75.8 Å². The Morgan fingerprint density at radius 3 is 2.00 bits per heavy atom. The quantitative estimate of drug-likeness (QED) is 0.318. The maximum Gasteiger partial charge on any atom is 0.274 e. The molecule has 5 nitrogen and oxygen atoms in total. The van der Waals surface area contributed by atoms with Gasteiger partial charge in [0.05, 0.1) is 4.92 Å². The molecule has 0 aliphatic heterocycles. The largest absolute Gasteiger partial charge is 0.330 e. The third-order valence-corrected chi connectivity index (χ3v) is 4.25. The van der Waals surface area contributed by atoms with Gasteiger partial charge in [-0.3, -0.25) is 10.1 Å². The van der Waals surface area contributed by atoms with Crippen LogP contribution in [0.5, 0.6) is 0 Å². The zero-order valence-corrected chi connectivity index (χ0v) is 14.1. The summed E-state index contributed by atoms with van der Waals surface area (Å²) >= 11 is 0. The maximum absolute atomic E-state index is 11.0. The van der Waals surface area contributed by atoms with E-state index in [9.17, 15) is 10.1 Å². The van der Waals surface area contributed by atoms with Crippen molar-refractivity contribution in [3.05, 3.63) is 39.9 Å². The van der Waals surface area contributed by atoms with Gasteiger partial charge in [-0.1, -0.05) is 69.6 Å². The standard InChI is InChI=1S/C18H31N3O2/c19-15-11-7-5-3-1-2-4-6-8-13-17(20)16-12-9-10-14-18(16)21(22)23/h9-10,12,14,17H,1-8,11,13,15,19-20H2. The maximum atomic E-state index is 11.0. The minimum absolute atomic E-state index is 0.137. The van der Waals surface area contributed by atoms with Crippen LogP contribution in [-0.4, -0.2) is 11.5 Å². The van der Waals surface area contributed by atoms with Crippen LogP contribution in [-0.2, 0) is 0 Å². The van der Waals surface area contributed by atoms with Crippen LogP contribution in [0.3, 0.4) is 0 Å². The first-order chi connectivity index (χ1) is 11.2. The van der Waals surface area contributed by atoms with E-state index in [-0.39, 0.29) is 16.7 Å². The van der Waals surface area contributed by atoms with E-state index in [2.05, 4.69) is 0 Å². The minimum Gasteiger partial charge on any atom is -0.330 e. The molecule has 1 rings (SSSR count). The summed E-state index contributed by atoms with van der Waals surface area (Å²) in [6.07, 6.45) is 11.8. The molecule has 1 unspecified atom stereocenters. The van der Waals surface area contributed by atoms with Gasteiger partial charge >= 0.3 is 0 Å². The third kappa shape index (κ3) is 8.09. The molecular weight excluding hydrogens is 290 g/mol. The van der Waals surface area contributed by atoms with Crippen molar-refractivity contribution >= 4 is 5.69 Å². The van der Waals surface area contributed by atoms with Gasteiger partial charge in [0.1, 0.15) is 0 Å². The van der Waals surface area contributed by atoms with Gasteiger partial charge in [-0.05, 0) is 19.4 Å². The average Bonchev–Trinajstić information content (AvgIpc) is 2.56. The molecule has 0 saturated heterocycles. The van der Waals surface area contributed by atoms with Crippen LogP contribution in [0.2, 0.25) is 0 Å². The van der Waals surface area contributed by atoms with E-state index in [0.717, 1.165) is 32.2 Å². The summed E-state index contributed by atoms with van der Waals surface area (Å²) < 4.78 is 0. The molecule has 0 aliphatic rings. The van der Waals surface area contributed by atoms with Crippen LogP contribution >= 0.6 is 0 Å². The second-order valence-electron chi connectivity index (χ2n) is 6.18. The number of hydrogen-bond donors (Lipinski definition) is 2. The number of benzene rings is 1. The topological polar surface area (TPSA) is 95.2 Å². The molecule has 0 heterocycles. The summed E-state index contributed by atoms with van der Waals surface area (Å²) in [7, 11) is 0. The second-order valence-corrected chi connectivity index (χ2v) is 6.18. The minimum atomic E-state index is -0.347.